The van der Waals surface area contributed by atoms with Crippen molar-refractivity contribution in [2.75, 3.05) is 26.3 Å². The second-order valence-corrected chi connectivity index (χ2v) is 5.04. The Bertz CT molecular complexity index is 355. The van der Waals surface area contributed by atoms with Gasteiger partial charge in [0.1, 0.15) is 12.6 Å². The third kappa shape index (κ3) is 5.82. The first-order valence-corrected chi connectivity index (χ1v) is 7.08. The third-order valence-corrected chi connectivity index (χ3v) is 3.60. The zero-order chi connectivity index (χ0) is 15.8. The van der Waals surface area contributed by atoms with Crippen molar-refractivity contribution >= 4 is 12.0 Å². The summed E-state index contributed by atoms with van der Waals surface area (Å²) in [7, 11) is 0. The summed E-state index contributed by atoms with van der Waals surface area (Å²) in [6.45, 7) is 1.76. The van der Waals surface area contributed by atoms with E-state index in [1.54, 1.807) is 0 Å². The zero-order valence-corrected chi connectivity index (χ0v) is 12.1. The minimum Gasteiger partial charge on any atom is -0.480 e. The first-order chi connectivity index (χ1) is 9.95. The van der Waals surface area contributed by atoms with Gasteiger partial charge in [-0.15, -0.1) is 0 Å². The van der Waals surface area contributed by atoms with Gasteiger partial charge in [0.15, 0.2) is 0 Å². The Balaban J connectivity index is 2.39. The molecule has 0 spiro atoms. The molecular weight excluding hydrogens is 286 g/mol. The molecule has 122 valence electrons. The fourth-order valence-electron chi connectivity index (χ4n) is 2.39. The Hall–Kier alpha value is -1.44. The number of halogens is 2. The average Bonchev–Trinajstić information content (AvgIpc) is 2.45. The topological polar surface area (TPSA) is 78.9 Å². The van der Waals surface area contributed by atoms with Gasteiger partial charge in [0, 0.05) is 13.1 Å². The number of carboxylic acid groups (broad SMARTS) is 1. The smallest absolute Gasteiger partial charge is 0.326 e. The number of hydrogen-bond donors (Lipinski definition) is 2. The molecule has 0 radical (unpaired) electrons. The highest BCUT2D eigenvalue weighted by molar-refractivity contribution is 5.82. The standard InChI is InChI=1S/C13H22F2N2O4/c1-2-9-3-5-17(10(7-9)12(18)19)13(20)16-4-6-21-8-11(14)15/h9-11H,2-8H2,1H3,(H,16,20)(H,18,19). The van der Waals surface area contributed by atoms with E-state index in [9.17, 15) is 23.5 Å². The normalized spacial score (nSPS) is 22.4. The average molecular weight is 308 g/mol. The number of nitrogens with one attached hydrogen (secondary N) is 1. The summed E-state index contributed by atoms with van der Waals surface area (Å²) < 4.78 is 28.3. The number of carboxylic acids is 1. The molecule has 0 aromatic rings. The van der Waals surface area contributed by atoms with Crippen LogP contribution in [0.1, 0.15) is 26.2 Å². The molecule has 2 N–H and O–H groups in total. The molecule has 8 heteroatoms. The van der Waals surface area contributed by atoms with E-state index in [0.29, 0.717) is 18.9 Å². The van der Waals surface area contributed by atoms with Gasteiger partial charge in [-0.25, -0.2) is 18.4 Å². The van der Waals surface area contributed by atoms with Crippen LogP contribution in [0, 0.1) is 5.92 Å². The van der Waals surface area contributed by atoms with Crippen LogP contribution in [0.3, 0.4) is 0 Å². The van der Waals surface area contributed by atoms with Crippen LogP contribution in [0.5, 0.6) is 0 Å². The van der Waals surface area contributed by atoms with Crippen molar-refractivity contribution in [2.24, 2.45) is 5.92 Å². The van der Waals surface area contributed by atoms with Gasteiger partial charge >= 0.3 is 12.0 Å². The summed E-state index contributed by atoms with van der Waals surface area (Å²) in [5, 5.41) is 11.7. The van der Waals surface area contributed by atoms with E-state index in [4.69, 9.17) is 0 Å². The molecular formula is C13H22F2N2O4. The number of ether oxygens (including phenoxy) is 1. The SMILES string of the molecule is CCC1CCN(C(=O)NCCOCC(F)F)C(C(=O)O)C1. The van der Waals surface area contributed by atoms with Crippen molar-refractivity contribution in [3.05, 3.63) is 0 Å². The molecule has 0 aromatic carbocycles. The van der Waals surface area contributed by atoms with E-state index in [1.165, 1.54) is 4.90 Å². The van der Waals surface area contributed by atoms with E-state index in [0.717, 1.165) is 12.8 Å². The summed E-state index contributed by atoms with van der Waals surface area (Å²) in [5.41, 5.74) is 0. The van der Waals surface area contributed by atoms with Crippen LogP contribution in [-0.4, -0.2) is 60.8 Å². The molecule has 1 saturated heterocycles. The lowest BCUT2D eigenvalue weighted by atomic mass is 9.89. The van der Waals surface area contributed by atoms with Crippen LogP contribution in [0.15, 0.2) is 0 Å². The number of nitrogens with zero attached hydrogens (tertiary/aromatic N) is 1. The molecule has 21 heavy (non-hydrogen) atoms. The van der Waals surface area contributed by atoms with Gasteiger partial charge in [0.05, 0.1) is 6.61 Å². The van der Waals surface area contributed by atoms with Crippen LogP contribution in [0.25, 0.3) is 0 Å². The van der Waals surface area contributed by atoms with E-state index in [-0.39, 0.29) is 13.2 Å². The lowest BCUT2D eigenvalue weighted by Gasteiger charge is -2.36. The summed E-state index contributed by atoms with van der Waals surface area (Å²) >= 11 is 0. The van der Waals surface area contributed by atoms with Gasteiger partial charge in [-0.3, -0.25) is 0 Å². The number of aliphatic carboxylic acids is 1. The molecule has 0 saturated carbocycles. The monoisotopic (exact) mass is 308 g/mol. The first kappa shape index (κ1) is 17.6. The maximum absolute atomic E-state index is 12.0. The highest BCUT2D eigenvalue weighted by Gasteiger charge is 2.35. The number of alkyl halides is 2. The van der Waals surface area contributed by atoms with E-state index in [2.05, 4.69) is 10.1 Å². The van der Waals surface area contributed by atoms with Crippen molar-refractivity contribution in [3.63, 3.8) is 0 Å². The number of piperidine rings is 1. The van der Waals surface area contributed by atoms with Crippen molar-refractivity contribution < 1.29 is 28.2 Å². The predicted octanol–water partition coefficient (Wildman–Crippen LogP) is 1.55. The van der Waals surface area contributed by atoms with E-state index in [1.807, 2.05) is 6.92 Å². The predicted molar refractivity (Wildman–Crippen MR) is 71.4 cm³/mol. The fourth-order valence-corrected chi connectivity index (χ4v) is 2.39. The van der Waals surface area contributed by atoms with Crippen LogP contribution >= 0.6 is 0 Å². The second kappa shape index (κ2) is 8.76. The minimum absolute atomic E-state index is 0.0285. The van der Waals surface area contributed by atoms with Gasteiger partial charge in [-0.05, 0) is 18.8 Å². The summed E-state index contributed by atoms with van der Waals surface area (Å²) in [5.74, 6) is -0.707. The van der Waals surface area contributed by atoms with Crippen LogP contribution in [0.4, 0.5) is 13.6 Å². The molecule has 0 bridgehead atoms. The number of carbonyl (C=O) groups excluding carboxylic acids is 1. The van der Waals surface area contributed by atoms with Crippen molar-refractivity contribution in [1.29, 1.82) is 0 Å². The molecule has 2 amide bonds. The van der Waals surface area contributed by atoms with Gasteiger partial charge in [-0.2, -0.15) is 0 Å². The van der Waals surface area contributed by atoms with Crippen molar-refractivity contribution in [1.82, 2.24) is 10.2 Å². The molecule has 1 heterocycles. The number of rotatable bonds is 7. The molecule has 0 aromatic heterocycles. The maximum Gasteiger partial charge on any atom is 0.326 e. The molecule has 1 aliphatic rings. The Morgan fingerprint density at radius 1 is 1.48 bits per heavy atom. The number of likely N-dealkylation sites (tertiary alicyclic amines) is 1. The summed E-state index contributed by atoms with van der Waals surface area (Å²) in [6, 6.07) is -1.32. The summed E-state index contributed by atoms with van der Waals surface area (Å²) in [4.78, 5) is 24.5. The highest BCUT2D eigenvalue weighted by atomic mass is 19.3. The Labute approximate surface area is 122 Å². The van der Waals surface area contributed by atoms with Gasteiger partial charge < -0.3 is 20.1 Å². The largest absolute Gasteiger partial charge is 0.480 e. The number of amides is 2. The number of urea groups is 1. The van der Waals surface area contributed by atoms with Crippen molar-refractivity contribution in [2.45, 2.75) is 38.7 Å². The van der Waals surface area contributed by atoms with E-state index < -0.39 is 31.1 Å². The van der Waals surface area contributed by atoms with Crippen LogP contribution < -0.4 is 5.32 Å². The molecule has 6 nitrogen and oxygen atoms in total. The fraction of sp³-hybridized carbons (Fsp3) is 0.846. The molecule has 0 aliphatic carbocycles. The maximum atomic E-state index is 12.0. The second-order valence-electron chi connectivity index (χ2n) is 5.04. The van der Waals surface area contributed by atoms with Gasteiger partial charge in [0.2, 0.25) is 0 Å². The first-order valence-electron chi connectivity index (χ1n) is 7.08. The number of carbonyl (C=O) groups is 2. The Morgan fingerprint density at radius 3 is 2.76 bits per heavy atom. The van der Waals surface area contributed by atoms with Crippen molar-refractivity contribution in [3.8, 4) is 0 Å². The van der Waals surface area contributed by atoms with Gasteiger partial charge in [0.25, 0.3) is 6.43 Å². The van der Waals surface area contributed by atoms with Gasteiger partial charge in [-0.1, -0.05) is 13.3 Å². The molecule has 2 atom stereocenters. The molecule has 2 unspecified atom stereocenters. The minimum atomic E-state index is -2.54. The molecule has 1 fully saturated rings. The number of hydrogen-bond acceptors (Lipinski definition) is 3. The third-order valence-electron chi connectivity index (χ3n) is 3.60. The van der Waals surface area contributed by atoms with Crippen LogP contribution in [-0.2, 0) is 9.53 Å². The molecule has 1 rings (SSSR count). The highest BCUT2D eigenvalue weighted by Crippen LogP contribution is 2.25. The molecule has 1 aliphatic heterocycles. The lowest BCUT2D eigenvalue weighted by molar-refractivity contribution is -0.144. The Morgan fingerprint density at radius 2 is 2.19 bits per heavy atom. The lowest BCUT2D eigenvalue weighted by Crippen LogP contribution is -2.53. The van der Waals surface area contributed by atoms with E-state index >= 15 is 0 Å². The summed E-state index contributed by atoms with van der Waals surface area (Å²) in [6.07, 6.45) is -0.428. The Kier molecular flexibility index (Phi) is 7.35. The zero-order valence-electron chi connectivity index (χ0n) is 12.1. The quantitative estimate of drug-likeness (QED) is 0.700. The van der Waals surface area contributed by atoms with Crippen LogP contribution in [0.2, 0.25) is 0 Å².